The Bertz CT molecular complexity index is 215. The summed E-state index contributed by atoms with van der Waals surface area (Å²) in [5.74, 6) is 1.07. The second-order valence-corrected chi connectivity index (χ2v) is 3.50. The van der Waals surface area contributed by atoms with Gasteiger partial charge in [0, 0.05) is 22.6 Å². The summed E-state index contributed by atoms with van der Waals surface area (Å²) < 4.78 is 1.81. The predicted octanol–water partition coefficient (Wildman–Crippen LogP) is 1.53. The molecule has 0 aliphatic heterocycles. The number of hydrogen-bond donors (Lipinski definition) is 0. The fourth-order valence-electron chi connectivity index (χ4n) is 0.918. The van der Waals surface area contributed by atoms with Crippen LogP contribution in [0.25, 0.3) is 0 Å². The molecule has 0 atom stereocenters. The minimum atomic E-state index is 0.700. The van der Waals surface area contributed by atoms with Crippen LogP contribution >= 0.6 is 11.8 Å². The van der Waals surface area contributed by atoms with Crippen molar-refractivity contribution in [3.05, 3.63) is 24.4 Å². The lowest BCUT2D eigenvalue weighted by Crippen LogP contribution is -2.44. The van der Waals surface area contributed by atoms with Gasteiger partial charge in [0.25, 0.3) is 5.03 Å². The van der Waals surface area contributed by atoms with Crippen LogP contribution in [0.3, 0.4) is 0 Å². The molecular formula is C9H14NOS+. The fraction of sp³-hybridized carbons (Fsp3) is 0.444. The molecule has 3 heteroatoms. The molecule has 0 unspecified atom stereocenters. The van der Waals surface area contributed by atoms with E-state index in [9.17, 15) is 0 Å². The predicted molar refractivity (Wildman–Crippen MR) is 50.2 cm³/mol. The van der Waals surface area contributed by atoms with Gasteiger partial charge in [0.1, 0.15) is 0 Å². The quantitative estimate of drug-likeness (QED) is 0.520. The van der Waals surface area contributed by atoms with Crippen molar-refractivity contribution in [3.63, 3.8) is 0 Å². The van der Waals surface area contributed by atoms with E-state index in [0.717, 1.165) is 10.8 Å². The van der Waals surface area contributed by atoms with Gasteiger partial charge in [-0.2, -0.15) is 0 Å². The van der Waals surface area contributed by atoms with Gasteiger partial charge >= 0.3 is 0 Å². The van der Waals surface area contributed by atoms with E-state index in [4.69, 9.17) is 4.84 Å². The van der Waals surface area contributed by atoms with Gasteiger partial charge in [-0.1, -0.05) is 18.7 Å². The third-order valence-corrected chi connectivity index (χ3v) is 2.25. The zero-order chi connectivity index (χ0) is 8.81. The lowest BCUT2D eigenvalue weighted by atomic mass is 10.5. The Kier molecular flexibility index (Phi) is 3.94. The van der Waals surface area contributed by atoms with Crippen LogP contribution in [0.5, 0.6) is 0 Å². The molecule has 0 aliphatic carbocycles. The van der Waals surface area contributed by atoms with Gasteiger partial charge in [-0.25, -0.2) is 0 Å². The standard InChI is InChI=1S/C9H14NOS/c1-3-11-10-8-6-5-7-9(10)12-4-2/h5-8H,3-4H2,1-2H3/q+1. The van der Waals surface area contributed by atoms with Crippen LogP contribution in [0.1, 0.15) is 13.8 Å². The third kappa shape index (κ3) is 2.41. The topological polar surface area (TPSA) is 13.1 Å². The molecule has 0 amide bonds. The molecule has 0 N–H and O–H groups in total. The van der Waals surface area contributed by atoms with Gasteiger partial charge < -0.3 is 0 Å². The first-order valence-corrected chi connectivity index (χ1v) is 5.13. The first-order valence-electron chi connectivity index (χ1n) is 4.15. The van der Waals surface area contributed by atoms with Crippen LogP contribution in [0.15, 0.2) is 29.4 Å². The van der Waals surface area contributed by atoms with Crippen LogP contribution in [0.4, 0.5) is 0 Å². The molecule has 1 aromatic heterocycles. The molecule has 0 spiro atoms. The van der Waals surface area contributed by atoms with Crippen molar-refractivity contribution in [2.24, 2.45) is 0 Å². The van der Waals surface area contributed by atoms with Crippen molar-refractivity contribution in [1.82, 2.24) is 0 Å². The van der Waals surface area contributed by atoms with Crippen LogP contribution in [0.2, 0.25) is 0 Å². The average molecular weight is 184 g/mol. The van der Waals surface area contributed by atoms with Gasteiger partial charge in [-0.3, -0.25) is 4.84 Å². The first kappa shape index (κ1) is 9.39. The SMILES string of the molecule is CCO[n+]1ccccc1SCC. The van der Waals surface area contributed by atoms with Gasteiger partial charge in [0.15, 0.2) is 6.61 Å². The van der Waals surface area contributed by atoms with Crippen LogP contribution < -0.4 is 9.57 Å². The van der Waals surface area contributed by atoms with E-state index in [1.807, 2.05) is 30.0 Å². The highest BCUT2D eigenvalue weighted by Crippen LogP contribution is 2.10. The summed E-state index contributed by atoms with van der Waals surface area (Å²) in [5.41, 5.74) is 0. The van der Waals surface area contributed by atoms with Crippen molar-refractivity contribution < 1.29 is 9.57 Å². The van der Waals surface area contributed by atoms with Crippen molar-refractivity contribution in [3.8, 4) is 0 Å². The molecule has 0 saturated heterocycles. The second kappa shape index (κ2) is 5.04. The van der Waals surface area contributed by atoms with Crippen LogP contribution in [-0.2, 0) is 0 Å². The van der Waals surface area contributed by atoms with E-state index >= 15 is 0 Å². The average Bonchev–Trinajstić information content (AvgIpc) is 2.09. The van der Waals surface area contributed by atoms with Crippen LogP contribution in [0, 0.1) is 0 Å². The van der Waals surface area contributed by atoms with Gasteiger partial charge in [0.05, 0.1) is 0 Å². The lowest BCUT2D eigenvalue weighted by Gasteiger charge is -1.98. The summed E-state index contributed by atoms with van der Waals surface area (Å²) in [7, 11) is 0. The Balaban J connectivity index is 2.77. The maximum Gasteiger partial charge on any atom is 0.291 e. The zero-order valence-corrected chi connectivity index (χ0v) is 8.30. The molecule has 66 valence electrons. The Morgan fingerprint density at radius 2 is 2.25 bits per heavy atom. The van der Waals surface area contributed by atoms with Gasteiger partial charge in [-0.15, -0.1) is 0 Å². The third-order valence-electron chi connectivity index (χ3n) is 1.35. The first-order chi connectivity index (χ1) is 5.88. The summed E-state index contributed by atoms with van der Waals surface area (Å²) in [4.78, 5) is 5.39. The maximum absolute atomic E-state index is 5.39. The highest BCUT2D eigenvalue weighted by Gasteiger charge is 2.09. The van der Waals surface area contributed by atoms with E-state index in [0.29, 0.717) is 6.61 Å². The molecule has 0 aromatic carbocycles. The normalized spacial score (nSPS) is 9.83. The fourth-order valence-corrected chi connectivity index (χ4v) is 1.63. The molecule has 1 aromatic rings. The molecule has 1 rings (SSSR count). The Morgan fingerprint density at radius 3 is 2.92 bits per heavy atom. The number of thioether (sulfide) groups is 1. The molecule has 0 saturated carbocycles. The molecule has 0 radical (unpaired) electrons. The van der Waals surface area contributed by atoms with E-state index in [1.54, 1.807) is 11.8 Å². The largest absolute Gasteiger partial charge is 0.291 e. The van der Waals surface area contributed by atoms with Crippen molar-refractivity contribution in [2.45, 2.75) is 18.9 Å². The Labute approximate surface area is 77.5 Å². The van der Waals surface area contributed by atoms with E-state index in [1.165, 1.54) is 0 Å². The molecule has 0 bridgehead atoms. The van der Waals surface area contributed by atoms with Crippen molar-refractivity contribution >= 4 is 11.8 Å². The van der Waals surface area contributed by atoms with E-state index < -0.39 is 0 Å². The summed E-state index contributed by atoms with van der Waals surface area (Å²) in [5, 5.41) is 1.15. The number of nitrogens with zero attached hydrogens (tertiary/aromatic N) is 1. The van der Waals surface area contributed by atoms with E-state index in [-0.39, 0.29) is 0 Å². The van der Waals surface area contributed by atoms with Gasteiger partial charge in [-0.05, 0) is 13.0 Å². The summed E-state index contributed by atoms with van der Waals surface area (Å²) in [6.45, 7) is 4.82. The number of pyridine rings is 1. The highest BCUT2D eigenvalue weighted by molar-refractivity contribution is 7.99. The number of rotatable bonds is 4. The molecule has 1 heterocycles. The molecule has 0 aliphatic rings. The Hall–Kier alpha value is -0.700. The summed E-state index contributed by atoms with van der Waals surface area (Å²) in [6.07, 6.45) is 1.93. The molecule has 0 fully saturated rings. The second-order valence-electron chi connectivity index (χ2n) is 2.22. The highest BCUT2D eigenvalue weighted by atomic mass is 32.2. The number of aromatic nitrogens is 1. The monoisotopic (exact) mass is 184 g/mol. The smallest absolute Gasteiger partial charge is 0.271 e. The summed E-state index contributed by atoms with van der Waals surface area (Å²) in [6, 6.07) is 6.05. The molecular weight excluding hydrogens is 170 g/mol. The zero-order valence-electron chi connectivity index (χ0n) is 7.49. The lowest BCUT2D eigenvalue weighted by molar-refractivity contribution is -0.918. The van der Waals surface area contributed by atoms with Gasteiger partial charge in [0.2, 0.25) is 6.20 Å². The minimum Gasteiger partial charge on any atom is -0.271 e. The molecule has 2 nitrogen and oxygen atoms in total. The summed E-state index contributed by atoms with van der Waals surface area (Å²) >= 11 is 1.78. The minimum absolute atomic E-state index is 0.700. The van der Waals surface area contributed by atoms with Crippen molar-refractivity contribution in [1.29, 1.82) is 0 Å². The van der Waals surface area contributed by atoms with Crippen LogP contribution in [-0.4, -0.2) is 12.4 Å². The van der Waals surface area contributed by atoms with Crippen molar-refractivity contribution in [2.75, 3.05) is 12.4 Å². The number of hydrogen-bond acceptors (Lipinski definition) is 2. The maximum atomic E-state index is 5.39. The molecule has 12 heavy (non-hydrogen) atoms. The Morgan fingerprint density at radius 1 is 1.42 bits per heavy atom. The van der Waals surface area contributed by atoms with E-state index in [2.05, 4.69) is 13.0 Å².